The summed E-state index contributed by atoms with van der Waals surface area (Å²) in [6.07, 6.45) is 8.78. The first-order valence-corrected chi connectivity index (χ1v) is 9.25. The van der Waals surface area contributed by atoms with Gasteiger partial charge in [-0.2, -0.15) is 0 Å². The van der Waals surface area contributed by atoms with Gasteiger partial charge in [-0.1, -0.05) is 0 Å². The number of pyridine rings is 1. The first kappa shape index (κ1) is 16.0. The molecule has 130 valence electrons. The summed E-state index contributed by atoms with van der Waals surface area (Å²) in [6.45, 7) is 5.96. The van der Waals surface area contributed by atoms with Crippen LogP contribution in [0.2, 0.25) is 0 Å². The lowest BCUT2D eigenvalue weighted by Gasteiger charge is -2.45. The molecular formula is C19H27N3O2. The third-order valence-corrected chi connectivity index (χ3v) is 6.10. The van der Waals surface area contributed by atoms with Gasteiger partial charge in [0.05, 0.1) is 6.61 Å². The van der Waals surface area contributed by atoms with Crippen molar-refractivity contribution in [1.29, 1.82) is 0 Å². The Morgan fingerprint density at radius 3 is 2.71 bits per heavy atom. The standard InChI is InChI=1S/C19H27N3O2/c23-18-1-5-19(22(18)14-16-2-8-20-9-3-16)6-10-21(11-7-19)13-17-4-12-24-15-17/h2-3,8-9,17H,1,4-7,10-15H2. The maximum Gasteiger partial charge on any atom is 0.223 e. The molecule has 0 aromatic carbocycles. The summed E-state index contributed by atoms with van der Waals surface area (Å²) in [4.78, 5) is 21.3. The number of carbonyl (C=O) groups is 1. The maximum absolute atomic E-state index is 12.5. The molecule has 5 nitrogen and oxygen atoms in total. The van der Waals surface area contributed by atoms with E-state index < -0.39 is 0 Å². The summed E-state index contributed by atoms with van der Waals surface area (Å²) in [5.74, 6) is 1.03. The minimum atomic E-state index is 0.0863. The Morgan fingerprint density at radius 2 is 2.00 bits per heavy atom. The summed E-state index contributed by atoms with van der Waals surface area (Å²) < 4.78 is 5.50. The Morgan fingerprint density at radius 1 is 1.21 bits per heavy atom. The molecule has 3 fully saturated rings. The van der Waals surface area contributed by atoms with Gasteiger partial charge in [0.15, 0.2) is 0 Å². The molecule has 1 atom stereocenters. The van der Waals surface area contributed by atoms with Crippen molar-refractivity contribution in [2.45, 2.75) is 44.2 Å². The number of amides is 1. The largest absolute Gasteiger partial charge is 0.381 e. The Labute approximate surface area is 144 Å². The lowest BCUT2D eigenvalue weighted by molar-refractivity contribution is -0.133. The molecule has 1 amide bonds. The van der Waals surface area contributed by atoms with Crippen LogP contribution in [-0.4, -0.2) is 59.1 Å². The monoisotopic (exact) mass is 329 g/mol. The molecular weight excluding hydrogens is 302 g/mol. The van der Waals surface area contributed by atoms with Crippen LogP contribution in [0.25, 0.3) is 0 Å². The Balaban J connectivity index is 1.39. The molecule has 0 radical (unpaired) electrons. The summed E-state index contributed by atoms with van der Waals surface area (Å²) in [5, 5.41) is 0. The zero-order chi connectivity index (χ0) is 16.4. The second-order valence-corrected chi connectivity index (χ2v) is 7.59. The second-order valence-electron chi connectivity index (χ2n) is 7.59. The fourth-order valence-electron chi connectivity index (χ4n) is 4.56. The number of likely N-dealkylation sites (tertiary alicyclic amines) is 2. The van der Waals surface area contributed by atoms with E-state index in [0.29, 0.717) is 18.2 Å². The number of rotatable bonds is 4. The van der Waals surface area contributed by atoms with Gasteiger partial charge in [-0.3, -0.25) is 9.78 Å². The van der Waals surface area contributed by atoms with Crippen LogP contribution in [0.4, 0.5) is 0 Å². The molecule has 5 heteroatoms. The molecule has 3 saturated heterocycles. The SMILES string of the molecule is O=C1CCC2(CCN(CC3CCOC3)CC2)N1Cc1ccncc1. The molecule has 4 heterocycles. The Hall–Kier alpha value is -1.46. The van der Waals surface area contributed by atoms with Gasteiger partial charge >= 0.3 is 0 Å². The van der Waals surface area contributed by atoms with Crippen molar-refractivity contribution in [2.75, 3.05) is 32.8 Å². The van der Waals surface area contributed by atoms with Crippen LogP contribution >= 0.6 is 0 Å². The number of nitrogens with zero attached hydrogens (tertiary/aromatic N) is 3. The number of aromatic nitrogens is 1. The van der Waals surface area contributed by atoms with E-state index >= 15 is 0 Å². The number of carbonyl (C=O) groups excluding carboxylic acids is 1. The van der Waals surface area contributed by atoms with Crippen LogP contribution < -0.4 is 0 Å². The average Bonchev–Trinajstić information content (AvgIpc) is 3.22. The van der Waals surface area contributed by atoms with Crippen molar-refractivity contribution in [3.8, 4) is 0 Å². The fourth-order valence-corrected chi connectivity index (χ4v) is 4.56. The van der Waals surface area contributed by atoms with Crippen LogP contribution in [0.3, 0.4) is 0 Å². The van der Waals surface area contributed by atoms with Crippen molar-refractivity contribution in [3.63, 3.8) is 0 Å². The van der Waals surface area contributed by atoms with Crippen LogP contribution in [0.15, 0.2) is 24.5 Å². The van der Waals surface area contributed by atoms with E-state index in [1.807, 2.05) is 24.5 Å². The predicted octanol–water partition coefficient (Wildman–Crippen LogP) is 2.08. The summed E-state index contributed by atoms with van der Waals surface area (Å²) in [5.41, 5.74) is 1.27. The lowest BCUT2D eigenvalue weighted by Crippen LogP contribution is -2.53. The van der Waals surface area contributed by atoms with E-state index in [4.69, 9.17) is 4.74 Å². The van der Waals surface area contributed by atoms with E-state index in [9.17, 15) is 4.79 Å². The third kappa shape index (κ3) is 3.20. The molecule has 4 rings (SSSR count). The van der Waals surface area contributed by atoms with Gasteiger partial charge in [0.1, 0.15) is 0 Å². The van der Waals surface area contributed by atoms with Crippen molar-refractivity contribution >= 4 is 5.91 Å². The number of hydrogen-bond donors (Lipinski definition) is 0. The molecule has 24 heavy (non-hydrogen) atoms. The topological polar surface area (TPSA) is 45.7 Å². The van der Waals surface area contributed by atoms with Gasteiger partial charge in [-0.05, 0) is 49.3 Å². The molecule has 0 saturated carbocycles. The molecule has 3 aliphatic heterocycles. The molecule has 1 aromatic heterocycles. The van der Waals surface area contributed by atoms with E-state index in [-0.39, 0.29) is 5.54 Å². The molecule has 0 aliphatic carbocycles. The van der Waals surface area contributed by atoms with Gasteiger partial charge < -0.3 is 14.5 Å². The van der Waals surface area contributed by atoms with Crippen molar-refractivity contribution < 1.29 is 9.53 Å². The average molecular weight is 329 g/mol. The van der Waals surface area contributed by atoms with Crippen LogP contribution in [0.1, 0.15) is 37.7 Å². The summed E-state index contributed by atoms with van der Waals surface area (Å²) >= 11 is 0. The first-order valence-electron chi connectivity index (χ1n) is 9.25. The van der Waals surface area contributed by atoms with Crippen molar-refractivity contribution in [1.82, 2.24) is 14.8 Å². The van der Waals surface area contributed by atoms with E-state index in [2.05, 4.69) is 14.8 Å². The highest BCUT2D eigenvalue weighted by molar-refractivity contribution is 5.79. The minimum absolute atomic E-state index is 0.0863. The molecule has 1 unspecified atom stereocenters. The molecule has 0 N–H and O–H groups in total. The maximum atomic E-state index is 12.5. The lowest BCUT2D eigenvalue weighted by atomic mass is 9.84. The van der Waals surface area contributed by atoms with Gasteiger partial charge in [-0.25, -0.2) is 0 Å². The van der Waals surface area contributed by atoms with Gasteiger partial charge in [0.25, 0.3) is 0 Å². The van der Waals surface area contributed by atoms with E-state index in [1.54, 1.807) is 0 Å². The normalized spacial score (nSPS) is 27.2. The fraction of sp³-hybridized carbons (Fsp3) is 0.684. The van der Waals surface area contributed by atoms with Gasteiger partial charge in [0.2, 0.25) is 5.91 Å². The summed E-state index contributed by atoms with van der Waals surface area (Å²) in [6, 6.07) is 4.04. The smallest absolute Gasteiger partial charge is 0.223 e. The van der Waals surface area contributed by atoms with Gasteiger partial charge in [-0.15, -0.1) is 0 Å². The minimum Gasteiger partial charge on any atom is -0.381 e. The third-order valence-electron chi connectivity index (χ3n) is 6.10. The van der Waals surface area contributed by atoms with Crippen LogP contribution in [-0.2, 0) is 16.1 Å². The Kier molecular flexibility index (Phi) is 4.55. The molecule has 3 aliphatic rings. The highest BCUT2D eigenvalue weighted by Gasteiger charge is 2.46. The molecule has 1 aromatic rings. The zero-order valence-electron chi connectivity index (χ0n) is 14.3. The zero-order valence-corrected chi connectivity index (χ0v) is 14.3. The summed E-state index contributed by atoms with van der Waals surface area (Å²) in [7, 11) is 0. The number of hydrogen-bond acceptors (Lipinski definition) is 4. The number of ether oxygens (including phenoxy) is 1. The molecule has 1 spiro atoms. The van der Waals surface area contributed by atoms with Gasteiger partial charge in [0, 0.05) is 57.1 Å². The van der Waals surface area contributed by atoms with Crippen molar-refractivity contribution in [2.24, 2.45) is 5.92 Å². The molecule has 0 bridgehead atoms. The van der Waals surface area contributed by atoms with Crippen LogP contribution in [0, 0.1) is 5.92 Å². The van der Waals surface area contributed by atoms with Crippen LogP contribution in [0.5, 0.6) is 0 Å². The highest BCUT2D eigenvalue weighted by atomic mass is 16.5. The highest BCUT2D eigenvalue weighted by Crippen LogP contribution is 2.40. The quantitative estimate of drug-likeness (QED) is 0.848. The first-order chi connectivity index (χ1) is 11.8. The predicted molar refractivity (Wildman–Crippen MR) is 91.4 cm³/mol. The Bertz CT molecular complexity index is 563. The second kappa shape index (κ2) is 6.81. The number of piperidine rings is 1. The van der Waals surface area contributed by atoms with E-state index in [1.165, 1.54) is 12.0 Å². The van der Waals surface area contributed by atoms with Crippen molar-refractivity contribution in [3.05, 3.63) is 30.1 Å². The van der Waals surface area contributed by atoms with E-state index in [0.717, 1.165) is 58.7 Å².